The molecule has 0 aromatic carbocycles. The van der Waals surface area contributed by atoms with Gasteiger partial charge in [-0.1, -0.05) is 12.2 Å². The molecule has 0 saturated carbocycles. The van der Waals surface area contributed by atoms with Crippen molar-refractivity contribution in [3.63, 3.8) is 0 Å². The zero-order valence-corrected chi connectivity index (χ0v) is 7.97. The van der Waals surface area contributed by atoms with Crippen molar-refractivity contribution >= 4 is 0 Å². The van der Waals surface area contributed by atoms with Crippen LogP contribution in [0, 0.1) is 11.8 Å². The fourth-order valence-corrected chi connectivity index (χ4v) is 2.53. The van der Waals surface area contributed by atoms with E-state index in [1.54, 1.807) is 13.8 Å². The van der Waals surface area contributed by atoms with Crippen LogP contribution in [0.25, 0.3) is 0 Å². The van der Waals surface area contributed by atoms with Crippen LogP contribution in [0.5, 0.6) is 0 Å². The lowest BCUT2D eigenvalue weighted by Gasteiger charge is -2.33. The quantitative estimate of drug-likeness (QED) is 0.608. The van der Waals surface area contributed by atoms with Gasteiger partial charge in [-0.15, -0.1) is 0 Å². The number of hydrogen-bond donors (Lipinski definition) is 2. The zero-order valence-electron chi connectivity index (χ0n) is 7.97. The minimum Gasteiger partial charge on any atom is -0.396 e. The summed E-state index contributed by atoms with van der Waals surface area (Å²) in [6.45, 7) is 3.64. The van der Waals surface area contributed by atoms with Crippen LogP contribution in [0.3, 0.4) is 0 Å². The SMILES string of the molecule is CC(C)(O)C1C2C=CC(O2)C1CO. The van der Waals surface area contributed by atoms with E-state index < -0.39 is 5.60 Å². The van der Waals surface area contributed by atoms with Crippen LogP contribution >= 0.6 is 0 Å². The molecule has 74 valence electrons. The summed E-state index contributed by atoms with van der Waals surface area (Å²) in [6.07, 6.45) is 3.96. The average molecular weight is 184 g/mol. The van der Waals surface area contributed by atoms with E-state index in [9.17, 15) is 10.2 Å². The first kappa shape index (κ1) is 9.19. The molecule has 0 aliphatic carbocycles. The number of rotatable bonds is 2. The van der Waals surface area contributed by atoms with Crippen molar-refractivity contribution in [2.24, 2.45) is 11.8 Å². The summed E-state index contributed by atoms with van der Waals surface area (Å²) in [6, 6.07) is 0. The Morgan fingerprint density at radius 2 is 1.92 bits per heavy atom. The van der Waals surface area contributed by atoms with Gasteiger partial charge in [0, 0.05) is 18.4 Å². The van der Waals surface area contributed by atoms with Gasteiger partial charge in [0.15, 0.2) is 0 Å². The van der Waals surface area contributed by atoms with Gasteiger partial charge in [0.1, 0.15) is 0 Å². The summed E-state index contributed by atoms with van der Waals surface area (Å²) in [5, 5.41) is 19.1. The Balaban J connectivity index is 2.23. The monoisotopic (exact) mass is 184 g/mol. The van der Waals surface area contributed by atoms with Crippen molar-refractivity contribution in [3.8, 4) is 0 Å². The first-order valence-electron chi connectivity index (χ1n) is 4.71. The van der Waals surface area contributed by atoms with E-state index in [2.05, 4.69) is 0 Å². The van der Waals surface area contributed by atoms with Gasteiger partial charge in [0.05, 0.1) is 17.8 Å². The molecule has 1 fully saturated rings. The summed E-state index contributed by atoms with van der Waals surface area (Å²) in [5.74, 6) is 0.0718. The molecule has 0 amide bonds. The first-order valence-corrected chi connectivity index (χ1v) is 4.71. The lowest BCUT2D eigenvalue weighted by Crippen LogP contribution is -2.42. The Labute approximate surface area is 78.0 Å². The fraction of sp³-hybridized carbons (Fsp3) is 0.800. The van der Waals surface area contributed by atoms with Crippen molar-refractivity contribution < 1.29 is 14.9 Å². The Hall–Kier alpha value is -0.380. The summed E-state index contributed by atoms with van der Waals surface area (Å²) in [5.41, 5.74) is -0.780. The molecule has 0 aromatic heterocycles. The van der Waals surface area contributed by atoms with E-state index in [4.69, 9.17) is 4.74 Å². The molecule has 2 aliphatic rings. The van der Waals surface area contributed by atoms with E-state index >= 15 is 0 Å². The van der Waals surface area contributed by atoms with Gasteiger partial charge < -0.3 is 14.9 Å². The molecular weight excluding hydrogens is 168 g/mol. The van der Waals surface area contributed by atoms with Crippen molar-refractivity contribution in [1.29, 1.82) is 0 Å². The molecule has 2 aliphatic heterocycles. The molecule has 4 unspecified atom stereocenters. The molecule has 1 saturated heterocycles. The Morgan fingerprint density at radius 1 is 1.31 bits per heavy atom. The Kier molecular flexibility index (Phi) is 1.98. The number of hydrogen-bond acceptors (Lipinski definition) is 3. The third kappa shape index (κ3) is 1.31. The summed E-state index contributed by atoms with van der Waals surface area (Å²) in [4.78, 5) is 0. The van der Waals surface area contributed by atoms with Crippen molar-refractivity contribution in [1.82, 2.24) is 0 Å². The van der Waals surface area contributed by atoms with Crippen LogP contribution in [0.1, 0.15) is 13.8 Å². The number of aliphatic hydroxyl groups excluding tert-OH is 1. The highest BCUT2D eigenvalue weighted by Gasteiger charge is 2.51. The van der Waals surface area contributed by atoms with E-state index in [0.717, 1.165) is 0 Å². The lowest BCUT2D eigenvalue weighted by atomic mass is 9.74. The largest absolute Gasteiger partial charge is 0.396 e. The van der Waals surface area contributed by atoms with Crippen LogP contribution in [0.2, 0.25) is 0 Å². The van der Waals surface area contributed by atoms with Crippen LogP contribution in [0.15, 0.2) is 12.2 Å². The second-order valence-electron chi connectivity index (χ2n) is 4.48. The van der Waals surface area contributed by atoms with Gasteiger partial charge in [-0.2, -0.15) is 0 Å². The van der Waals surface area contributed by atoms with E-state index in [1.807, 2.05) is 12.2 Å². The molecule has 3 heteroatoms. The van der Waals surface area contributed by atoms with Crippen molar-refractivity contribution in [2.75, 3.05) is 6.61 Å². The topological polar surface area (TPSA) is 49.7 Å². The molecule has 3 nitrogen and oxygen atoms in total. The third-order valence-corrected chi connectivity index (χ3v) is 3.07. The highest BCUT2D eigenvalue weighted by Crippen LogP contribution is 2.43. The molecule has 4 atom stereocenters. The van der Waals surface area contributed by atoms with Gasteiger partial charge >= 0.3 is 0 Å². The molecule has 2 heterocycles. The zero-order chi connectivity index (χ0) is 9.64. The number of fused-ring (bicyclic) bond motifs is 2. The maximum Gasteiger partial charge on any atom is 0.0825 e. The number of ether oxygens (including phenoxy) is 1. The smallest absolute Gasteiger partial charge is 0.0825 e. The molecule has 0 radical (unpaired) electrons. The van der Waals surface area contributed by atoms with Crippen LogP contribution in [0.4, 0.5) is 0 Å². The molecular formula is C10H16O3. The van der Waals surface area contributed by atoms with Gasteiger partial charge in [0.2, 0.25) is 0 Å². The molecule has 2 N–H and O–H groups in total. The van der Waals surface area contributed by atoms with Crippen LogP contribution in [-0.2, 0) is 4.74 Å². The van der Waals surface area contributed by atoms with Crippen molar-refractivity contribution in [3.05, 3.63) is 12.2 Å². The normalized spacial score (nSPS) is 43.1. The Bertz CT molecular complexity index is 229. The van der Waals surface area contributed by atoms with Crippen molar-refractivity contribution in [2.45, 2.75) is 31.7 Å². The summed E-state index contributed by atoms with van der Waals surface area (Å²) >= 11 is 0. The summed E-state index contributed by atoms with van der Waals surface area (Å²) in [7, 11) is 0. The van der Waals surface area contributed by atoms with Gasteiger partial charge in [0.25, 0.3) is 0 Å². The highest BCUT2D eigenvalue weighted by molar-refractivity contribution is 5.17. The van der Waals surface area contributed by atoms with E-state index in [1.165, 1.54) is 0 Å². The lowest BCUT2D eigenvalue weighted by molar-refractivity contribution is -0.0236. The third-order valence-electron chi connectivity index (χ3n) is 3.07. The number of aliphatic hydroxyl groups is 2. The van der Waals surface area contributed by atoms with Gasteiger partial charge in [-0.25, -0.2) is 0 Å². The van der Waals surface area contributed by atoms with Gasteiger partial charge in [-0.05, 0) is 13.8 Å². The van der Waals surface area contributed by atoms with Gasteiger partial charge in [-0.3, -0.25) is 0 Å². The maximum absolute atomic E-state index is 9.92. The second-order valence-corrected chi connectivity index (χ2v) is 4.48. The molecule has 0 spiro atoms. The van der Waals surface area contributed by atoms with Crippen LogP contribution < -0.4 is 0 Å². The highest BCUT2D eigenvalue weighted by atomic mass is 16.5. The predicted molar refractivity (Wildman–Crippen MR) is 48.2 cm³/mol. The van der Waals surface area contributed by atoms with E-state index in [-0.39, 0.29) is 30.7 Å². The average Bonchev–Trinajstić information content (AvgIpc) is 2.59. The standard InChI is InChI=1S/C10H16O3/c1-10(2,12)9-6(5-11)7-3-4-8(9)13-7/h3-4,6-9,11-12H,5H2,1-2H3. The van der Waals surface area contributed by atoms with E-state index in [0.29, 0.717) is 0 Å². The Morgan fingerprint density at radius 3 is 2.38 bits per heavy atom. The first-order chi connectivity index (χ1) is 6.04. The van der Waals surface area contributed by atoms with Crippen LogP contribution in [-0.4, -0.2) is 34.6 Å². The predicted octanol–water partition coefficient (Wildman–Crippen LogP) is 0.319. The minimum atomic E-state index is -0.780. The molecule has 2 rings (SSSR count). The molecule has 0 aromatic rings. The second kappa shape index (κ2) is 2.80. The molecule has 13 heavy (non-hydrogen) atoms. The molecule has 2 bridgehead atoms. The summed E-state index contributed by atoms with van der Waals surface area (Å²) < 4.78 is 5.58. The fourth-order valence-electron chi connectivity index (χ4n) is 2.53. The minimum absolute atomic E-state index is 0.00595. The maximum atomic E-state index is 9.92.